The van der Waals surface area contributed by atoms with Crippen molar-refractivity contribution in [3.63, 3.8) is 0 Å². The van der Waals surface area contributed by atoms with E-state index in [1.165, 1.54) is 36.7 Å². The number of aromatic amines is 1. The molecule has 0 aliphatic heterocycles. The largest absolute Gasteiger partial charge is 0.334 e. The maximum Gasteiger partial charge on any atom is 0.319 e. The van der Waals surface area contributed by atoms with Crippen molar-refractivity contribution in [1.82, 2.24) is 25.3 Å². The van der Waals surface area contributed by atoms with E-state index >= 15 is 0 Å². The molecule has 2 heterocycles. The van der Waals surface area contributed by atoms with E-state index in [2.05, 4.69) is 25.9 Å². The van der Waals surface area contributed by atoms with Crippen LogP contribution in [0.15, 0.2) is 58.8 Å². The van der Waals surface area contributed by atoms with E-state index in [0.29, 0.717) is 12.2 Å². The van der Waals surface area contributed by atoms with Crippen molar-refractivity contribution in [2.24, 2.45) is 0 Å². The van der Waals surface area contributed by atoms with Gasteiger partial charge in [0.1, 0.15) is 4.90 Å². The standard InChI is InChI=1S/C17H20N6O3S/c1-12(2)23-11-16(10-21-23)27(25,26)15-5-3-14(4-6-15)22-17(24)18-7-13-8-19-20-9-13/h3-6,8-12H,7H2,1-2H3,(H,19,20)(H2,18,22,24). The fourth-order valence-electron chi connectivity index (χ4n) is 2.33. The third kappa shape index (κ3) is 4.34. The van der Waals surface area contributed by atoms with Crippen LogP contribution in [0.4, 0.5) is 10.5 Å². The molecule has 0 saturated heterocycles. The Morgan fingerprint density at radius 1 is 1.19 bits per heavy atom. The zero-order valence-corrected chi connectivity index (χ0v) is 15.7. The topological polar surface area (TPSA) is 122 Å². The summed E-state index contributed by atoms with van der Waals surface area (Å²) < 4.78 is 26.9. The molecule has 3 aromatic rings. The summed E-state index contributed by atoms with van der Waals surface area (Å²) in [5.41, 5.74) is 1.32. The summed E-state index contributed by atoms with van der Waals surface area (Å²) in [6.45, 7) is 4.16. The number of amides is 2. The molecule has 10 heteroatoms. The number of carbonyl (C=O) groups excluding carboxylic acids is 1. The van der Waals surface area contributed by atoms with Crippen molar-refractivity contribution in [1.29, 1.82) is 0 Å². The first kappa shape index (κ1) is 18.6. The molecule has 0 aliphatic carbocycles. The van der Waals surface area contributed by atoms with Gasteiger partial charge in [0, 0.05) is 36.2 Å². The van der Waals surface area contributed by atoms with Crippen LogP contribution in [0.25, 0.3) is 0 Å². The number of hydrogen-bond donors (Lipinski definition) is 3. The molecular weight excluding hydrogens is 368 g/mol. The van der Waals surface area contributed by atoms with Gasteiger partial charge >= 0.3 is 6.03 Å². The lowest BCUT2D eigenvalue weighted by Crippen LogP contribution is -2.28. The van der Waals surface area contributed by atoms with Gasteiger partial charge in [-0.3, -0.25) is 9.78 Å². The minimum atomic E-state index is -3.66. The molecule has 0 fully saturated rings. The van der Waals surface area contributed by atoms with E-state index in [4.69, 9.17) is 0 Å². The van der Waals surface area contributed by atoms with Gasteiger partial charge in [0.15, 0.2) is 0 Å². The van der Waals surface area contributed by atoms with Crippen LogP contribution in [0.5, 0.6) is 0 Å². The number of hydrogen-bond acceptors (Lipinski definition) is 5. The molecule has 2 aromatic heterocycles. The zero-order valence-electron chi connectivity index (χ0n) is 14.9. The predicted molar refractivity (Wildman–Crippen MR) is 99.0 cm³/mol. The predicted octanol–water partition coefficient (Wildman–Crippen LogP) is 2.34. The number of anilines is 1. The summed E-state index contributed by atoms with van der Waals surface area (Å²) in [5, 5.41) is 15.9. The number of H-pyrrole nitrogens is 1. The SMILES string of the molecule is CC(C)n1cc(S(=O)(=O)c2ccc(NC(=O)NCc3cn[nH]c3)cc2)cn1. The Balaban J connectivity index is 1.66. The average molecular weight is 388 g/mol. The number of carbonyl (C=O) groups is 1. The molecule has 0 spiro atoms. The lowest BCUT2D eigenvalue weighted by molar-refractivity contribution is 0.251. The second kappa shape index (κ2) is 7.62. The molecule has 0 aliphatic rings. The van der Waals surface area contributed by atoms with Crippen LogP contribution < -0.4 is 10.6 Å². The molecule has 1 aromatic carbocycles. The number of benzene rings is 1. The van der Waals surface area contributed by atoms with Crippen molar-refractivity contribution in [2.45, 2.75) is 36.2 Å². The Morgan fingerprint density at radius 3 is 2.52 bits per heavy atom. The first-order chi connectivity index (χ1) is 12.9. The minimum absolute atomic E-state index is 0.0705. The van der Waals surface area contributed by atoms with Gasteiger partial charge < -0.3 is 10.6 Å². The van der Waals surface area contributed by atoms with Crippen molar-refractivity contribution in [3.05, 3.63) is 54.6 Å². The van der Waals surface area contributed by atoms with Gasteiger partial charge in [-0.25, -0.2) is 13.2 Å². The molecule has 0 atom stereocenters. The number of aromatic nitrogens is 4. The van der Waals surface area contributed by atoms with Gasteiger partial charge in [0.2, 0.25) is 9.84 Å². The van der Waals surface area contributed by atoms with Crippen molar-refractivity contribution in [3.8, 4) is 0 Å². The van der Waals surface area contributed by atoms with E-state index in [-0.39, 0.29) is 15.8 Å². The average Bonchev–Trinajstić information content (AvgIpc) is 3.32. The Kier molecular flexibility index (Phi) is 5.26. The zero-order chi connectivity index (χ0) is 19.4. The number of nitrogens with zero attached hydrogens (tertiary/aromatic N) is 3. The highest BCUT2D eigenvalue weighted by atomic mass is 32.2. The quantitative estimate of drug-likeness (QED) is 0.598. The molecule has 3 rings (SSSR count). The third-order valence-corrected chi connectivity index (χ3v) is 5.57. The smallest absolute Gasteiger partial charge is 0.319 e. The molecule has 27 heavy (non-hydrogen) atoms. The van der Waals surface area contributed by atoms with E-state index in [9.17, 15) is 13.2 Å². The van der Waals surface area contributed by atoms with Crippen molar-refractivity contribution >= 4 is 21.6 Å². The maximum absolute atomic E-state index is 12.7. The highest BCUT2D eigenvalue weighted by Gasteiger charge is 2.20. The summed E-state index contributed by atoms with van der Waals surface area (Å²) in [6.07, 6.45) is 6.14. The Labute approximate surface area is 156 Å². The number of nitrogens with one attached hydrogen (secondary N) is 3. The van der Waals surface area contributed by atoms with Crippen LogP contribution >= 0.6 is 0 Å². The Hall–Kier alpha value is -3.14. The monoisotopic (exact) mass is 388 g/mol. The minimum Gasteiger partial charge on any atom is -0.334 e. The van der Waals surface area contributed by atoms with Crippen LogP contribution in [-0.2, 0) is 16.4 Å². The first-order valence-corrected chi connectivity index (χ1v) is 9.76. The van der Waals surface area contributed by atoms with Crippen molar-refractivity contribution < 1.29 is 13.2 Å². The third-order valence-electron chi connectivity index (χ3n) is 3.85. The van der Waals surface area contributed by atoms with Crippen molar-refractivity contribution in [2.75, 3.05) is 5.32 Å². The summed E-state index contributed by atoms with van der Waals surface area (Å²) in [7, 11) is -3.66. The van der Waals surface area contributed by atoms with E-state index < -0.39 is 15.9 Å². The molecule has 0 bridgehead atoms. The van der Waals surface area contributed by atoms with E-state index in [1.54, 1.807) is 17.1 Å². The maximum atomic E-state index is 12.7. The molecular formula is C17H20N6O3S. The van der Waals surface area contributed by atoms with Gasteiger partial charge in [-0.15, -0.1) is 0 Å². The van der Waals surface area contributed by atoms with Crippen LogP contribution in [0.1, 0.15) is 25.5 Å². The van der Waals surface area contributed by atoms with Gasteiger partial charge in [-0.1, -0.05) is 0 Å². The van der Waals surface area contributed by atoms with Crippen LogP contribution in [0.3, 0.4) is 0 Å². The van der Waals surface area contributed by atoms with E-state index in [1.807, 2.05) is 13.8 Å². The summed E-state index contributed by atoms with van der Waals surface area (Å²) >= 11 is 0. The second-order valence-electron chi connectivity index (χ2n) is 6.19. The lowest BCUT2D eigenvalue weighted by Gasteiger charge is -2.08. The van der Waals surface area contributed by atoms with E-state index in [0.717, 1.165) is 5.56 Å². The Morgan fingerprint density at radius 2 is 1.93 bits per heavy atom. The Bertz CT molecular complexity index is 1010. The van der Waals surface area contributed by atoms with Gasteiger partial charge in [-0.05, 0) is 38.1 Å². The van der Waals surface area contributed by atoms with Gasteiger partial charge in [0.05, 0.1) is 17.3 Å². The molecule has 2 amide bonds. The molecule has 0 radical (unpaired) electrons. The number of urea groups is 1. The van der Waals surface area contributed by atoms with Gasteiger partial charge in [0.25, 0.3) is 0 Å². The molecule has 0 saturated carbocycles. The van der Waals surface area contributed by atoms with Gasteiger partial charge in [-0.2, -0.15) is 10.2 Å². The fourth-order valence-corrected chi connectivity index (χ4v) is 3.53. The summed E-state index contributed by atoms with van der Waals surface area (Å²) in [4.78, 5) is 12.2. The normalized spacial score (nSPS) is 11.5. The fraction of sp³-hybridized carbons (Fsp3) is 0.235. The summed E-state index contributed by atoms with van der Waals surface area (Å²) in [5.74, 6) is 0. The van der Waals surface area contributed by atoms with Crippen LogP contribution in [0, 0.1) is 0 Å². The summed E-state index contributed by atoms with van der Waals surface area (Å²) in [6, 6.07) is 5.65. The van der Waals surface area contributed by atoms with Crippen LogP contribution in [0.2, 0.25) is 0 Å². The molecule has 142 valence electrons. The first-order valence-electron chi connectivity index (χ1n) is 8.28. The number of sulfone groups is 1. The molecule has 9 nitrogen and oxygen atoms in total. The highest BCUT2D eigenvalue weighted by molar-refractivity contribution is 7.91. The highest BCUT2D eigenvalue weighted by Crippen LogP contribution is 2.22. The number of rotatable bonds is 6. The lowest BCUT2D eigenvalue weighted by atomic mass is 10.3. The second-order valence-corrected chi connectivity index (χ2v) is 8.14. The van der Waals surface area contributed by atoms with Crippen LogP contribution in [-0.4, -0.2) is 34.4 Å². The molecule has 0 unspecified atom stereocenters. The molecule has 3 N–H and O–H groups in total.